The van der Waals surface area contributed by atoms with Crippen LogP contribution in [0.3, 0.4) is 0 Å². The predicted octanol–water partition coefficient (Wildman–Crippen LogP) is 3.57. The van der Waals surface area contributed by atoms with Crippen molar-refractivity contribution in [2.24, 2.45) is 0 Å². The quantitative estimate of drug-likeness (QED) is 0.892. The van der Waals surface area contributed by atoms with Crippen molar-refractivity contribution in [3.8, 4) is 5.75 Å². The number of phenolic OH excluding ortho intramolecular Hbond substituents is 1. The van der Waals surface area contributed by atoms with Crippen LogP contribution in [0.1, 0.15) is 67.8 Å². The van der Waals surface area contributed by atoms with Crippen molar-refractivity contribution in [2.75, 3.05) is 6.54 Å². The van der Waals surface area contributed by atoms with Gasteiger partial charge in [0.1, 0.15) is 5.75 Å². The van der Waals surface area contributed by atoms with E-state index in [1.165, 1.54) is 32.1 Å². The number of carbonyl (C=O) groups excluding carboxylic acids is 1. The third kappa shape index (κ3) is 3.69. The first kappa shape index (κ1) is 16.3. The summed E-state index contributed by atoms with van der Waals surface area (Å²) in [4.78, 5) is 12.3. The number of phenols is 1. The Balaban J connectivity index is 1.53. The van der Waals surface area contributed by atoms with Gasteiger partial charge in [-0.05, 0) is 55.9 Å². The van der Waals surface area contributed by atoms with Gasteiger partial charge in [-0.3, -0.25) is 4.79 Å². The van der Waals surface area contributed by atoms with Gasteiger partial charge in [0.05, 0.1) is 11.7 Å². The van der Waals surface area contributed by atoms with Crippen molar-refractivity contribution in [3.05, 3.63) is 29.3 Å². The number of aryl methyl sites for hydroxylation is 1. The average molecular weight is 317 g/mol. The van der Waals surface area contributed by atoms with Gasteiger partial charge in [-0.1, -0.05) is 26.2 Å². The SMILES string of the molecule is CCc1cc(C(=O)NCC2CCC3(CCCCC3)O2)ccc1O. The number of ether oxygens (including phenoxy) is 1. The summed E-state index contributed by atoms with van der Waals surface area (Å²) in [7, 11) is 0. The Morgan fingerprint density at radius 2 is 2.09 bits per heavy atom. The number of hydrogen-bond donors (Lipinski definition) is 2. The molecule has 2 aliphatic rings. The highest BCUT2D eigenvalue weighted by molar-refractivity contribution is 5.94. The molecule has 1 aromatic rings. The summed E-state index contributed by atoms with van der Waals surface area (Å²) in [6.45, 7) is 2.54. The topological polar surface area (TPSA) is 58.6 Å². The molecule has 1 amide bonds. The van der Waals surface area contributed by atoms with Crippen molar-refractivity contribution >= 4 is 5.91 Å². The summed E-state index contributed by atoms with van der Waals surface area (Å²) in [5.74, 6) is 0.162. The fourth-order valence-corrected chi connectivity index (χ4v) is 3.92. The van der Waals surface area contributed by atoms with Gasteiger partial charge >= 0.3 is 0 Å². The molecule has 0 aromatic heterocycles. The molecule has 1 atom stereocenters. The van der Waals surface area contributed by atoms with Gasteiger partial charge in [0.15, 0.2) is 0 Å². The first-order valence-corrected chi connectivity index (χ1v) is 8.90. The van der Waals surface area contributed by atoms with Crippen LogP contribution in [0.15, 0.2) is 18.2 Å². The summed E-state index contributed by atoms with van der Waals surface area (Å²) in [5, 5.41) is 12.7. The molecule has 4 heteroatoms. The second kappa shape index (κ2) is 6.91. The van der Waals surface area contributed by atoms with Gasteiger partial charge in [0.2, 0.25) is 0 Å². The lowest BCUT2D eigenvalue weighted by Crippen LogP contribution is -2.36. The second-order valence-corrected chi connectivity index (χ2v) is 6.93. The van der Waals surface area contributed by atoms with E-state index in [2.05, 4.69) is 5.32 Å². The van der Waals surface area contributed by atoms with Gasteiger partial charge in [-0.25, -0.2) is 0 Å². The van der Waals surface area contributed by atoms with E-state index in [0.29, 0.717) is 18.5 Å². The lowest BCUT2D eigenvalue weighted by molar-refractivity contribution is -0.0618. The third-order valence-electron chi connectivity index (χ3n) is 5.32. The predicted molar refractivity (Wildman–Crippen MR) is 89.7 cm³/mol. The minimum Gasteiger partial charge on any atom is -0.508 e. The van der Waals surface area contributed by atoms with Crippen LogP contribution in [0.4, 0.5) is 0 Å². The molecule has 4 nitrogen and oxygen atoms in total. The Hall–Kier alpha value is -1.55. The van der Waals surface area contributed by atoms with Crippen molar-refractivity contribution in [2.45, 2.75) is 70.0 Å². The number of nitrogens with one attached hydrogen (secondary N) is 1. The zero-order valence-electron chi connectivity index (χ0n) is 13.9. The van der Waals surface area contributed by atoms with Crippen molar-refractivity contribution in [3.63, 3.8) is 0 Å². The molecule has 2 N–H and O–H groups in total. The van der Waals surface area contributed by atoms with Crippen LogP contribution in [0.25, 0.3) is 0 Å². The fourth-order valence-electron chi connectivity index (χ4n) is 3.92. The number of amides is 1. The van der Waals surface area contributed by atoms with E-state index >= 15 is 0 Å². The van der Waals surface area contributed by atoms with E-state index in [0.717, 1.165) is 18.4 Å². The lowest BCUT2D eigenvalue weighted by atomic mass is 9.83. The highest BCUT2D eigenvalue weighted by Gasteiger charge is 2.40. The lowest BCUT2D eigenvalue weighted by Gasteiger charge is -2.33. The smallest absolute Gasteiger partial charge is 0.251 e. The molecule has 1 saturated carbocycles. The minimum atomic E-state index is -0.0899. The first-order chi connectivity index (χ1) is 11.1. The maximum atomic E-state index is 12.3. The molecular formula is C19H27NO3. The summed E-state index contributed by atoms with van der Waals surface area (Å²) in [6, 6.07) is 5.03. The molecule has 1 aliphatic heterocycles. The minimum absolute atomic E-state index is 0.0899. The zero-order chi connectivity index (χ0) is 16.3. The normalized spacial score (nSPS) is 23.1. The van der Waals surface area contributed by atoms with Crippen LogP contribution in [0.5, 0.6) is 5.75 Å². The van der Waals surface area contributed by atoms with Gasteiger partial charge in [0.25, 0.3) is 5.91 Å². The summed E-state index contributed by atoms with van der Waals surface area (Å²) in [6.07, 6.45) is 9.24. The fraction of sp³-hybridized carbons (Fsp3) is 0.632. The van der Waals surface area contributed by atoms with Gasteiger partial charge in [0, 0.05) is 12.1 Å². The molecule has 1 unspecified atom stereocenters. The Morgan fingerprint density at radius 1 is 1.30 bits per heavy atom. The summed E-state index contributed by atoms with van der Waals surface area (Å²) < 4.78 is 6.29. The van der Waals surface area contributed by atoms with Crippen LogP contribution in [0.2, 0.25) is 0 Å². The third-order valence-corrected chi connectivity index (χ3v) is 5.32. The number of rotatable bonds is 4. The molecule has 1 aromatic carbocycles. The van der Waals surface area contributed by atoms with E-state index in [9.17, 15) is 9.90 Å². The molecule has 3 rings (SSSR count). The molecule has 23 heavy (non-hydrogen) atoms. The van der Waals surface area contributed by atoms with E-state index in [4.69, 9.17) is 4.74 Å². The average Bonchev–Trinajstić information content (AvgIpc) is 2.96. The van der Waals surface area contributed by atoms with Crippen LogP contribution in [-0.2, 0) is 11.2 Å². The number of aromatic hydroxyl groups is 1. The zero-order valence-corrected chi connectivity index (χ0v) is 13.9. The molecule has 0 bridgehead atoms. The van der Waals surface area contributed by atoms with Crippen molar-refractivity contribution in [1.82, 2.24) is 5.32 Å². The van der Waals surface area contributed by atoms with E-state index in [-0.39, 0.29) is 23.4 Å². The van der Waals surface area contributed by atoms with E-state index in [1.54, 1.807) is 18.2 Å². The Morgan fingerprint density at radius 3 is 2.83 bits per heavy atom. The monoisotopic (exact) mass is 317 g/mol. The molecule has 0 radical (unpaired) electrons. The van der Waals surface area contributed by atoms with Crippen molar-refractivity contribution in [1.29, 1.82) is 0 Å². The molecule has 1 heterocycles. The van der Waals surface area contributed by atoms with Crippen LogP contribution < -0.4 is 5.32 Å². The maximum Gasteiger partial charge on any atom is 0.251 e. The molecule has 1 saturated heterocycles. The molecular weight excluding hydrogens is 290 g/mol. The van der Waals surface area contributed by atoms with Crippen LogP contribution >= 0.6 is 0 Å². The Labute approximate surface area is 138 Å². The standard InChI is InChI=1S/C19H27NO3/c1-2-14-12-15(6-7-17(14)21)18(22)20-13-16-8-11-19(23-16)9-4-3-5-10-19/h6-7,12,16,21H,2-5,8-11,13H2,1H3,(H,20,22). The van der Waals surface area contributed by atoms with Gasteiger partial charge in [-0.2, -0.15) is 0 Å². The number of carbonyl (C=O) groups is 1. The largest absolute Gasteiger partial charge is 0.508 e. The summed E-state index contributed by atoms with van der Waals surface area (Å²) >= 11 is 0. The number of hydrogen-bond acceptors (Lipinski definition) is 3. The first-order valence-electron chi connectivity index (χ1n) is 8.90. The molecule has 1 aliphatic carbocycles. The highest BCUT2D eigenvalue weighted by atomic mass is 16.5. The molecule has 126 valence electrons. The highest BCUT2D eigenvalue weighted by Crippen LogP contribution is 2.41. The maximum absolute atomic E-state index is 12.3. The number of benzene rings is 1. The van der Waals surface area contributed by atoms with Crippen molar-refractivity contribution < 1.29 is 14.6 Å². The second-order valence-electron chi connectivity index (χ2n) is 6.93. The van der Waals surface area contributed by atoms with E-state index < -0.39 is 0 Å². The Bertz CT molecular complexity index is 564. The van der Waals surface area contributed by atoms with E-state index in [1.807, 2.05) is 6.92 Å². The Kier molecular flexibility index (Phi) is 4.90. The van der Waals surface area contributed by atoms with Gasteiger partial charge < -0.3 is 15.2 Å². The summed E-state index contributed by atoms with van der Waals surface area (Å²) in [5.41, 5.74) is 1.50. The van der Waals surface area contributed by atoms with Crippen LogP contribution in [0, 0.1) is 0 Å². The van der Waals surface area contributed by atoms with Crippen LogP contribution in [-0.4, -0.2) is 29.3 Å². The van der Waals surface area contributed by atoms with Gasteiger partial charge in [-0.15, -0.1) is 0 Å². The molecule has 2 fully saturated rings. The molecule has 1 spiro atoms.